The van der Waals surface area contributed by atoms with Crippen molar-refractivity contribution in [1.82, 2.24) is 5.32 Å². The van der Waals surface area contributed by atoms with Crippen LogP contribution in [-0.4, -0.2) is 30.1 Å². The number of halogens is 2. The molecule has 1 N–H and O–H groups in total. The van der Waals surface area contributed by atoms with Gasteiger partial charge < -0.3 is 10.2 Å². The summed E-state index contributed by atoms with van der Waals surface area (Å²) in [7, 11) is 0. The van der Waals surface area contributed by atoms with Gasteiger partial charge in [-0.25, -0.2) is 4.39 Å². The number of anilines is 1. The second-order valence-electron chi connectivity index (χ2n) is 5.15. The lowest BCUT2D eigenvalue weighted by molar-refractivity contribution is -0.384. The van der Waals surface area contributed by atoms with Crippen molar-refractivity contribution in [3.05, 3.63) is 33.1 Å². The first-order valence-electron chi connectivity index (χ1n) is 5.95. The zero-order chi connectivity index (χ0) is 14.2. The monoisotopic (exact) mass is 287 g/mol. The summed E-state index contributed by atoms with van der Waals surface area (Å²) >= 11 is 5.63. The topological polar surface area (TPSA) is 58.4 Å². The minimum atomic E-state index is -0.642. The standard InChI is InChI=1S/C12H15ClFN3O2/c1-12(2)7-15-3-4-16(12)10-6-9(14)8(13)5-11(10)17(18)19/h5-6,15H,3-4,7H2,1-2H3. The molecule has 0 amide bonds. The summed E-state index contributed by atoms with van der Waals surface area (Å²) in [6.45, 7) is 5.86. The smallest absolute Gasteiger partial charge is 0.294 e. The van der Waals surface area contributed by atoms with Crippen molar-refractivity contribution >= 4 is 23.0 Å². The predicted molar refractivity (Wildman–Crippen MR) is 72.4 cm³/mol. The molecule has 2 rings (SSSR count). The third-order valence-corrected chi connectivity index (χ3v) is 3.60. The van der Waals surface area contributed by atoms with Crippen molar-refractivity contribution in [1.29, 1.82) is 0 Å². The van der Waals surface area contributed by atoms with Gasteiger partial charge >= 0.3 is 0 Å². The highest BCUT2D eigenvalue weighted by atomic mass is 35.5. The minimum absolute atomic E-state index is 0.165. The van der Waals surface area contributed by atoms with Crippen molar-refractivity contribution in [2.75, 3.05) is 24.5 Å². The Morgan fingerprint density at radius 3 is 2.79 bits per heavy atom. The van der Waals surface area contributed by atoms with Crippen LogP contribution in [0.1, 0.15) is 13.8 Å². The maximum atomic E-state index is 13.6. The van der Waals surface area contributed by atoms with Crippen molar-refractivity contribution in [3.63, 3.8) is 0 Å². The van der Waals surface area contributed by atoms with Crippen LogP contribution in [0.5, 0.6) is 0 Å². The Hall–Kier alpha value is -1.40. The Morgan fingerprint density at radius 2 is 2.21 bits per heavy atom. The van der Waals surface area contributed by atoms with Gasteiger partial charge in [0.1, 0.15) is 11.5 Å². The number of benzene rings is 1. The molecule has 1 aromatic rings. The van der Waals surface area contributed by atoms with E-state index in [0.717, 1.165) is 12.1 Å². The molecule has 1 aromatic carbocycles. The summed E-state index contributed by atoms with van der Waals surface area (Å²) in [6.07, 6.45) is 0. The van der Waals surface area contributed by atoms with Crippen molar-refractivity contribution in [2.45, 2.75) is 19.4 Å². The summed E-state index contributed by atoms with van der Waals surface area (Å²) < 4.78 is 13.6. The van der Waals surface area contributed by atoms with Crippen LogP contribution in [-0.2, 0) is 0 Å². The molecular formula is C12H15ClFN3O2. The van der Waals surface area contributed by atoms with Gasteiger partial charge in [0.2, 0.25) is 0 Å². The molecule has 0 aromatic heterocycles. The highest BCUT2D eigenvalue weighted by molar-refractivity contribution is 6.31. The van der Waals surface area contributed by atoms with E-state index in [4.69, 9.17) is 11.6 Å². The van der Waals surface area contributed by atoms with E-state index in [2.05, 4.69) is 5.32 Å². The predicted octanol–water partition coefficient (Wildman–Crippen LogP) is 2.58. The van der Waals surface area contributed by atoms with Crippen LogP contribution in [0.15, 0.2) is 12.1 Å². The van der Waals surface area contributed by atoms with E-state index in [9.17, 15) is 14.5 Å². The van der Waals surface area contributed by atoms with Crippen molar-refractivity contribution < 1.29 is 9.31 Å². The lowest BCUT2D eigenvalue weighted by atomic mass is 9.98. The summed E-state index contributed by atoms with van der Waals surface area (Å²) in [5.74, 6) is -0.642. The number of piperazine rings is 1. The van der Waals surface area contributed by atoms with Crippen LogP contribution in [0.25, 0.3) is 0 Å². The normalized spacial score (nSPS) is 18.4. The SMILES string of the molecule is CC1(C)CNCCN1c1cc(F)c(Cl)cc1[N+](=O)[O-]. The largest absolute Gasteiger partial charge is 0.358 e. The number of nitrogens with one attached hydrogen (secondary N) is 1. The Bertz CT molecular complexity index is 522. The molecule has 0 spiro atoms. The number of hydrogen-bond donors (Lipinski definition) is 1. The van der Waals surface area contributed by atoms with E-state index >= 15 is 0 Å². The molecule has 1 saturated heterocycles. The molecular weight excluding hydrogens is 273 g/mol. The molecule has 0 atom stereocenters. The van der Waals surface area contributed by atoms with Crippen molar-refractivity contribution in [3.8, 4) is 0 Å². The van der Waals surface area contributed by atoms with E-state index < -0.39 is 10.7 Å². The third kappa shape index (κ3) is 2.64. The van der Waals surface area contributed by atoms with Gasteiger partial charge in [0.15, 0.2) is 0 Å². The van der Waals surface area contributed by atoms with Gasteiger partial charge in [-0.3, -0.25) is 10.1 Å². The van der Waals surface area contributed by atoms with E-state index in [1.807, 2.05) is 18.7 Å². The zero-order valence-corrected chi connectivity index (χ0v) is 11.5. The molecule has 104 valence electrons. The first kappa shape index (κ1) is 14.0. The van der Waals surface area contributed by atoms with Gasteiger partial charge in [0, 0.05) is 37.3 Å². The van der Waals surface area contributed by atoms with Gasteiger partial charge in [0.25, 0.3) is 5.69 Å². The fourth-order valence-electron chi connectivity index (χ4n) is 2.32. The van der Waals surface area contributed by atoms with E-state index in [-0.39, 0.29) is 21.9 Å². The highest BCUT2D eigenvalue weighted by Gasteiger charge is 2.34. The van der Waals surface area contributed by atoms with Gasteiger partial charge in [-0.1, -0.05) is 11.6 Å². The highest BCUT2D eigenvalue weighted by Crippen LogP contribution is 2.36. The fourth-order valence-corrected chi connectivity index (χ4v) is 2.48. The molecule has 1 heterocycles. The van der Waals surface area contributed by atoms with Gasteiger partial charge in [-0.05, 0) is 13.8 Å². The molecule has 0 bridgehead atoms. The van der Waals surface area contributed by atoms with Crippen LogP contribution >= 0.6 is 11.6 Å². The first-order valence-corrected chi connectivity index (χ1v) is 6.32. The lowest BCUT2D eigenvalue weighted by Crippen LogP contribution is -2.58. The molecule has 1 aliphatic heterocycles. The lowest BCUT2D eigenvalue weighted by Gasteiger charge is -2.44. The quantitative estimate of drug-likeness (QED) is 0.671. The van der Waals surface area contributed by atoms with Crippen LogP contribution in [0.2, 0.25) is 5.02 Å². The van der Waals surface area contributed by atoms with E-state index in [1.165, 1.54) is 0 Å². The third-order valence-electron chi connectivity index (χ3n) is 3.31. The van der Waals surface area contributed by atoms with Gasteiger partial charge in [-0.2, -0.15) is 0 Å². The van der Waals surface area contributed by atoms with Gasteiger partial charge in [0.05, 0.1) is 9.95 Å². The Balaban J connectivity index is 2.54. The van der Waals surface area contributed by atoms with E-state index in [0.29, 0.717) is 19.6 Å². The summed E-state index contributed by atoms with van der Waals surface area (Å²) in [6, 6.07) is 2.22. The maximum absolute atomic E-state index is 13.6. The average Bonchev–Trinajstić information content (AvgIpc) is 2.31. The summed E-state index contributed by atoms with van der Waals surface area (Å²) in [5, 5.41) is 14.1. The first-order chi connectivity index (χ1) is 8.83. The molecule has 0 saturated carbocycles. The molecule has 0 unspecified atom stereocenters. The fraction of sp³-hybridized carbons (Fsp3) is 0.500. The van der Waals surface area contributed by atoms with Gasteiger partial charge in [-0.15, -0.1) is 0 Å². The van der Waals surface area contributed by atoms with Crippen LogP contribution in [0, 0.1) is 15.9 Å². The second kappa shape index (κ2) is 4.94. The molecule has 7 heteroatoms. The summed E-state index contributed by atoms with van der Waals surface area (Å²) in [4.78, 5) is 12.4. The van der Waals surface area contributed by atoms with Crippen LogP contribution < -0.4 is 10.2 Å². The molecule has 19 heavy (non-hydrogen) atoms. The van der Waals surface area contributed by atoms with Crippen molar-refractivity contribution in [2.24, 2.45) is 0 Å². The molecule has 0 radical (unpaired) electrons. The number of hydrogen-bond acceptors (Lipinski definition) is 4. The zero-order valence-electron chi connectivity index (χ0n) is 10.7. The number of nitrogens with zero attached hydrogens (tertiary/aromatic N) is 2. The molecule has 1 aliphatic rings. The van der Waals surface area contributed by atoms with Crippen LogP contribution in [0.4, 0.5) is 15.8 Å². The number of rotatable bonds is 2. The Kier molecular flexibility index (Phi) is 3.64. The van der Waals surface area contributed by atoms with E-state index in [1.54, 1.807) is 0 Å². The Morgan fingerprint density at radius 1 is 1.53 bits per heavy atom. The maximum Gasteiger partial charge on any atom is 0.294 e. The summed E-state index contributed by atoms with van der Waals surface area (Å²) in [5.41, 5.74) is -0.219. The average molecular weight is 288 g/mol. The van der Waals surface area contributed by atoms with Crippen LogP contribution in [0.3, 0.4) is 0 Å². The number of nitro benzene ring substituents is 1. The Labute approximate surface area is 115 Å². The minimum Gasteiger partial charge on any atom is -0.358 e. The molecule has 0 aliphatic carbocycles. The second-order valence-corrected chi connectivity index (χ2v) is 5.56. The molecule has 1 fully saturated rings. The number of nitro groups is 1. The molecule has 5 nitrogen and oxygen atoms in total.